The van der Waals surface area contributed by atoms with Crippen LogP contribution in [-0.2, 0) is 14.3 Å². The fraction of sp³-hybridized carbons (Fsp3) is 0.200. The summed E-state index contributed by atoms with van der Waals surface area (Å²) >= 11 is 6.10. The number of nitrogens with one attached hydrogen (secondary N) is 2. The second-order valence-electron chi connectivity index (χ2n) is 5.97. The normalized spacial score (nSPS) is 17.6. The first-order valence-electron chi connectivity index (χ1n) is 8.27. The summed E-state index contributed by atoms with van der Waals surface area (Å²) in [4.78, 5) is 24.4. The van der Waals surface area contributed by atoms with Crippen LogP contribution >= 0.6 is 11.6 Å². The first kappa shape index (κ1) is 18.0. The van der Waals surface area contributed by atoms with Gasteiger partial charge in [-0.25, -0.2) is 4.79 Å². The van der Waals surface area contributed by atoms with Crippen molar-refractivity contribution in [1.82, 2.24) is 0 Å². The molecule has 1 aliphatic rings. The third-order valence-electron chi connectivity index (χ3n) is 4.19. The Labute approximate surface area is 157 Å². The average Bonchev–Trinajstić information content (AvgIpc) is 2.81. The number of ether oxygens (including phenoxy) is 1. The monoisotopic (exact) mass is 370 g/mol. The number of amides is 1. The van der Waals surface area contributed by atoms with Crippen molar-refractivity contribution in [2.24, 2.45) is 0 Å². The maximum Gasteiger partial charge on any atom is 0.328 e. The number of hydrogen-bond acceptors (Lipinski definition) is 4. The number of para-hydroxylation sites is 1. The van der Waals surface area contributed by atoms with E-state index in [-0.39, 0.29) is 11.9 Å². The van der Waals surface area contributed by atoms with Gasteiger partial charge in [0.15, 0.2) is 0 Å². The van der Waals surface area contributed by atoms with Gasteiger partial charge in [-0.3, -0.25) is 4.79 Å². The maximum atomic E-state index is 12.4. The smallest absolute Gasteiger partial charge is 0.328 e. The molecule has 0 bridgehead atoms. The van der Waals surface area contributed by atoms with Crippen molar-refractivity contribution in [3.05, 3.63) is 65.2 Å². The minimum absolute atomic E-state index is 0.219. The van der Waals surface area contributed by atoms with Gasteiger partial charge < -0.3 is 15.4 Å². The lowest BCUT2D eigenvalue weighted by Crippen LogP contribution is -2.29. The van der Waals surface area contributed by atoms with Gasteiger partial charge in [-0.05, 0) is 42.7 Å². The van der Waals surface area contributed by atoms with Gasteiger partial charge in [0.2, 0.25) is 5.91 Å². The van der Waals surface area contributed by atoms with E-state index >= 15 is 0 Å². The predicted octanol–water partition coefficient (Wildman–Crippen LogP) is 4.11. The first-order valence-corrected chi connectivity index (χ1v) is 8.65. The Kier molecular flexibility index (Phi) is 5.58. The number of halogens is 1. The summed E-state index contributed by atoms with van der Waals surface area (Å²) in [6, 6.07) is 14.1. The highest BCUT2D eigenvalue weighted by Crippen LogP contribution is 2.34. The number of hydrogen-bond donors (Lipinski definition) is 2. The van der Waals surface area contributed by atoms with Crippen molar-refractivity contribution in [3.8, 4) is 0 Å². The lowest BCUT2D eigenvalue weighted by Gasteiger charge is -2.15. The SMILES string of the molecule is COC(=O)[C@H]1CC/C(=C\C(=O)Nc2ccccc2)c2ccc(Cl)cc2N1. The van der Waals surface area contributed by atoms with E-state index in [9.17, 15) is 9.59 Å². The zero-order valence-corrected chi connectivity index (χ0v) is 15.0. The summed E-state index contributed by atoms with van der Waals surface area (Å²) < 4.78 is 4.85. The van der Waals surface area contributed by atoms with E-state index in [0.29, 0.717) is 23.6 Å². The minimum atomic E-state index is -0.486. The molecule has 0 saturated carbocycles. The number of carbonyl (C=O) groups is 2. The summed E-state index contributed by atoms with van der Waals surface area (Å²) in [5.74, 6) is -0.561. The Balaban J connectivity index is 1.89. The number of rotatable bonds is 3. The number of benzene rings is 2. The first-order chi connectivity index (χ1) is 12.6. The molecule has 0 saturated heterocycles. The molecule has 26 heavy (non-hydrogen) atoms. The van der Waals surface area contributed by atoms with E-state index < -0.39 is 6.04 Å². The van der Waals surface area contributed by atoms with Crippen LogP contribution in [0.25, 0.3) is 5.57 Å². The van der Waals surface area contributed by atoms with Gasteiger partial charge >= 0.3 is 5.97 Å². The number of allylic oxidation sites excluding steroid dienone is 1. The third-order valence-corrected chi connectivity index (χ3v) is 4.43. The molecule has 1 heterocycles. The Morgan fingerprint density at radius 1 is 1.23 bits per heavy atom. The van der Waals surface area contributed by atoms with E-state index in [1.807, 2.05) is 36.4 Å². The van der Waals surface area contributed by atoms with E-state index in [0.717, 1.165) is 16.8 Å². The lowest BCUT2D eigenvalue weighted by atomic mass is 9.99. The number of carbonyl (C=O) groups excluding carboxylic acids is 2. The Morgan fingerprint density at radius 2 is 2.00 bits per heavy atom. The molecule has 2 aromatic rings. The van der Waals surface area contributed by atoms with Crippen LogP contribution in [0.5, 0.6) is 0 Å². The topological polar surface area (TPSA) is 67.4 Å². The zero-order valence-electron chi connectivity index (χ0n) is 14.3. The molecule has 1 amide bonds. The molecule has 1 aliphatic heterocycles. The molecule has 3 rings (SSSR count). The van der Waals surface area contributed by atoms with Crippen LogP contribution in [0, 0.1) is 0 Å². The fourth-order valence-electron chi connectivity index (χ4n) is 2.94. The Morgan fingerprint density at radius 3 is 2.73 bits per heavy atom. The van der Waals surface area contributed by atoms with E-state index in [4.69, 9.17) is 16.3 Å². The van der Waals surface area contributed by atoms with Gasteiger partial charge in [0.1, 0.15) is 6.04 Å². The van der Waals surface area contributed by atoms with Crippen LogP contribution in [0.4, 0.5) is 11.4 Å². The Bertz CT molecular complexity index is 849. The molecule has 5 nitrogen and oxygen atoms in total. The molecular weight excluding hydrogens is 352 g/mol. The van der Waals surface area contributed by atoms with E-state index in [2.05, 4.69) is 10.6 Å². The van der Waals surface area contributed by atoms with Crippen molar-refractivity contribution in [1.29, 1.82) is 0 Å². The standard InChI is InChI=1S/C20H19ClN2O3/c1-26-20(25)17-10-7-13(16-9-8-14(21)12-18(16)23-17)11-19(24)22-15-5-3-2-4-6-15/h2-6,8-9,11-12,17,23H,7,10H2,1H3,(H,22,24)/b13-11+/t17-/m1/s1. The van der Waals surface area contributed by atoms with Crippen LogP contribution in [0.2, 0.25) is 5.02 Å². The zero-order chi connectivity index (χ0) is 18.5. The highest BCUT2D eigenvalue weighted by molar-refractivity contribution is 6.31. The molecular formula is C20H19ClN2O3. The van der Waals surface area contributed by atoms with E-state index in [1.165, 1.54) is 7.11 Å². The molecule has 6 heteroatoms. The molecule has 0 aromatic heterocycles. The molecule has 0 fully saturated rings. The maximum absolute atomic E-state index is 12.4. The number of fused-ring (bicyclic) bond motifs is 1. The number of esters is 1. The minimum Gasteiger partial charge on any atom is -0.467 e. The fourth-order valence-corrected chi connectivity index (χ4v) is 3.11. The largest absolute Gasteiger partial charge is 0.467 e. The quantitative estimate of drug-likeness (QED) is 0.630. The highest BCUT2D eigenvalue weighted by atomic mass is 35.5. The van der Waals surface area contributed by atoms with Crippen molar-refractivity contribution in [2.75, 3.05) is 17.7 Å². The van der Waals surface area contributed by atoms with Crippen molar-refractivity contribution < 1.29 is 14.3 Å². The molecule has 0 spiro atoms. The van der Waals surface area contributed by atoms with Gasteiger partial charge in [-0.1, -0.05) is 35.9 Å². The molecule has 0 unspecified atom stereocenters. The second kappa shape index (κ2) is 8.06. The van der Waals surface area contributed by atoms with Gasteiger partial charge in [0.05, 0.1) is 7.11 Å². The van der Waals surface area contributed by atoms with Crippen molar-refractivity contribution in [3.63, 3.8) is 0 Å². The van der Waals surface area contributed by atoms with Crippen molar-refractivity contribution in [2.45, 2.75) is 18.9 Å². The van der Waals surface area contributed by atoms with Crippen LogP contribution in [0.3, 0.4) is 0 Å². The summed E-state index contributed by atoms with van der Waals surface area (Å²) in [5.41, 5.74) is 3.13. The lowest BCUT2D eigenvalue weighted by molar-refractivity contribution is -0.141. The van der Waals surface area contributed by atoms with Gasteiger partial charge in [0, 0.05) is 28.0 Å². The Hall–Kier alpha value is -2.79. The van der Waals surface area contributed by atoms with Crippen LogP contribution in [-0.4, -0.2) is 25.0 Å². The number of methoxy groups -OCH3 is 1. The molecule has 134 valence electrons. The van der Waals surface area contributed by atoms with Crippen molar-refractivity contribution >= 4 is 40.4 Å². The van der Waals surface area contributed by atoms with Crippen LogP contribution in [0.1, 0.15) is 18.4 Å². The average molecular weight is 371 g/mol. The molecule has 0 radical (unpaired) electrons. The van der Waals surface area contributed by atoms with Gasteiger partial charge in [-0.15, -0.1) is 0 Å². The van der Waals surface area contributed by atoms with Gasteiger partial charge in [0.25, 0.3) is 0 Å². The number of anilines is 2. The summed E-state index contributed by atoms with van der Waals surface area (Å²) in [6.07, 6.45) is 2.65. The summed E-state index contributed by atoms with van der Waals surface area (Å²) in [6.45, 7) is 0. The molecule has 2 aromatic carbocycles. The van der Waals surface area contributed by atoms with Crippen LogP contribution in [0.15, 0.2) is 54.6 Å². The second-order valence-corrected chi connectivity index (χ2v) is 6.41. The van der Waals surface area contributed by atoms with Gasteiger partial charge in [-0.2, -0.15) is 0 Å². The molecule has 1 atom stereocenters. The van der Waals surface area contributed by atoms with E-state index in [1.54, 1.807) is 18.2 Å². The summed E-state index contributed by atoms with van der Waals surface area (Å²) in [7, 11) is 1.36. The third kappa shape index (κ3) is 4.24. The molecule has 0 aliphatic carbocycles. The predicted molar refractivity (Wildman–Crippen MR) is 103 cm³/mol. The molecule has 2 N–H and O–H groups in total. The summed E-state index contributed by atoms with van der Waals surface area (Å²) in [5, 5.41) is 6.57. The van der Waals surface area contributed by atoms with Crippen LogP contribution < -0.4 is 10.6 Å². The highest BCUT2D eigenvalue weighted by Gasteiger charge is 2.25.